The quantitative estimate of drug-likeness (QED) is 0.846. The molecule has 0 aliphatic heterocycles. The maximum Gasteiger partial charge on any atom is 0.217 e. The Kier molecular flexibility index (Phi) is 3.23. The highest BCUT2D eigenvalue weighted by molar-refractivity contribution is 5.73. The summed E-state index contributed by atoms with van der Waals surface area (Å²) in [4.78, 5) is 10.9. The van der Waals surface area contributed by atoms with Crippen LogP contribution in [-0.2, 0) is 11.3 Å². The van der Waals surface area contributed by atoms with Crippen LogP contribution >= 0.6 is 0 Å². The van der Waals surface area contributed by atoms with Gasteiger partial charge in [-0.05, 0) is 24.1 Å². The third kappa shape index (κ3) is 2.72. The van der Waals surface area contributed by atoms with E-state index in [1.807, 2.05) is 31.3 Å². The lowest BCUT2D eigenvalue weighted by Crippen LogP contribution is -2.18. The minimum atomic E-state index is -0.0186. The minimum Gasteiger partial charge on any atom is -0.352 e. The van der Waals surface area contributed by atoms with Gasteiger partial charge in [-0.25, -0.2) is 0 Å². The van der Waals surface area contributed by atoms with E-state index in [4.69, 9.17) is 0 Å². The van der Waals surface area contributed by atoms with E-state index in [-0.39, 0.29) is 5.91 Å². The van der Waals surface area contributed by atoms with E-state index < -0.39 is 0 Å². The average molecular weight is 229 g/mol. The largest absolute Gasteiger partial charge is 0.352 e. The van der Waals surface area contributed by atoms with Gasteiger partial charge in [-0.2, -0.15) is 5.10 Å². The van der Waals surface area contributed by atoms with Gasteiger partial charge in [0, 0.05) is 24.7 Å². The molecular formula is C13H15N3O. The number of aromatic amines is 1. The predicted octanol–water partition coefficient (Wildman–Crippen LogP) is 2.02. The van der Waals surface area contributed by atoms with Crippen LogP contribution in [0.2, 0.25) is 0 Å². The van der Waals surface area contributed by atoms with Crippen molar-refractivity contribution in [3.8, 4) is 11.1 Å². The summed E-state index contributed by atoms with van der Waals surface area (Å²) < 4.78 is 0. The maximum atomic E-state index is 10.9. The highest BCUT2D eigenvalue weighted by Gasteiger charge is 2.04. The van der Waals surface area contributed by atoms with Crippen molar-refractivity contribution in [2.45, 2.75) is 20.4 Å². The normalized spacial score (nSPS) is 10.2. The molecule has 0 aliphatic rings. The Morgan fingerprint density at radius 2 is 2.29 bits per heavy atom. The second-order valence-electron chi connectivity index (χ2n) is 4.02. The minimum absolute atomic E-state index is 0.0186. The molecule has 4 heteroatoms. The van der Waals surface area contributed by atoms with Gasteiger partial charge in [-0.3, -0.25) is 9.89 Å². The monoisotopic (exact) mass is 229 g/mol. The Labute approximate surface area is 100 Å². The maximum absolute atomic E-state index is 10.9. The molecule has 0 unspecified atom stereocenters. The fraction of sp³-hybridized carbons (Fsp3) is 0.231. The van der Waals surface area contributed by atoms with E-state index in [9.17, 15) is 4.79 Å². The molecule has 0 bridgehead atoms. The summed E-state index contributed by atoms with van der Waals surface area (Å²) in [7, 11) is 0. The lowest BCUT2D eigenvalue weighted by Gasteiger charge is -2.05. The van der Waals surface area contributed by atoms with E-state index in [1.54, 1.807) is 0 Å². The van der Waals surface area contributed by atoms with E-state index in [2.05, 4.69) is 21.6 Å². The zero-order valence-corrected chi connectivity index (χ0v) is 9.95. The van der Waals surface area contributed by atoms with Gasteiger partial charge in [0.1, 0.15) is 0 Å². The lowest BCUT2D eigenvalue weighted by molar-refractivity contribution is -0.119. The van der Waals surface area contributed by atoms with Crippen LogP contribution in [0.4, 0.5) is 0 Å². The van der Waals surface area contributed by atoms with Gasteiger partial charge >= 0.3 is 0 Å². The number of hydrogen-bond acceptors (Lipinski definition) is 2. The molecule has 0 spiro atoms. The Morgan fingerprint density at radius 3 is 2.94 bits per heavy atom. The summed E-state index contributed by atoms with van der Waals surface area (Å²) >= 11 is 0. The van der Waals surface area contributed by atoms with E-state index in [0.717, 1.165) is 22.4 Å². The Morgan fingerprint density at radius 1 is 1.47 bits per heavy atom. The smallest absolute Gasteiger partial charge is 0.217 e. The zero-order valence-electron chi connectivity index (χ0n) is 9.95. The molecule has 2 rings (SSSR count). The first-order chi connectivity index (χ1) is 8.16. The summed E-state index contributed by atoms with van der Waals surface area (Å²) in [5.74, 6) is -0.0186. The molecule has 2 N–H and O–H groups in total. The van der Waals surface area contributed by atoms with Crippen LogP contribution in [0, 0.1) is 6.92 Å². The summed E-state index contributed by atoms with van der Waals surface area (Å²) in [6.45, 7) is 4.06. The molecule has 1 amide bonds. The van der Waals surface area contributed by atoms with Crippen molar-refractivity contribution < 1.29 is 4.79 Å². The SMILES string of the molecule is CC(=O)NCc1cccc(-c2cn[nH]c2C)c1. The highest BCUT2D eigenvalue weighted by atomic mass is 16.1. The van der Waals surface area contributed by atoms with Gasteiger partial charge in [0.25, 0.3) is 0 Å². The number of nitrogens with one attached hydrogen (secondary N) is 2. The molecule has 0 saturated heterocycles. The molecule has 0 fully saturated rings. The van der Waals surface area contributed by atoms with Gasteiger partial charge in [-0.15, -0.1) is 0 Å². The molecule has 88 valence electrons. The van der Waals surface area contributed by atoms with Crippen LogP contribution in [0.25, 0.3) is 11.1 Å². The number of carbonyl (C=O) groups is 1. The summed E-state index contributed by atoms with van der Waals surface area (Å²) in [6, 6.07) is 8.08. The van der Waals surface area contributed by atoms with Gasteiger partial charge in [0.05, 0.1) is 6.20 Å². The fourth-order valence-electron chi connectivity index (χ4n) is 1.72. The molecule has 17 heavy (non-hydrogen) atoms. The average Bonchev–Trinajstić information content (AvgIpc) is 2.73. The number of rotatable bonds is 3. The molecule has 0 saturated carbocycles. The second-order valence-corrected chi connectivity index (χ2v) is 4.02. The van der Waals surface area contributed by atoms with Crippen LogP contribution in [0.5, 0.6) is 0 Å². The Balaban J connectivity index is 2.23. The molecule has 1 aromatic carbocycles. The number of aromatic nitrogens is 2. The van der Waals surface area contributed by atoms with Crippen LogP contribution in [0.1, 0.15) is 18.2 Å². The van der Waals surface area contributed by atoms with E-state index in [1.165, 1.54) is 6.92 Å². The van der Waals surface area contributed by atoms with Crippen LogP contribution in [-0.4, -0.2) is 16.1 Å². The van der Waals surface area contributed by atoms with Crippen molar-refractivity contribution in [1.29, 1.82) is 0 Å². The Hall–Kier alpha value is -2.10. The molecule has 1 heterocycles. The van der Waals surface area contributed by atoms with Gasteiger partial charge in [0.2, 0.25) is 5.91 Å². The molecule has 0 radical (unpaired) electrons. The van der Waals surface area contributed by atoms with Crippen molar-refractivity contribution in [2.24, 2.45) is 0 Å². The van der Waals surface area contributed by atoms with Crippen LogP contribution < -0.4 is 5.32 Å². The van der Waals surface area contributed by atoms with Crippen molar-refractivity contribution in [3.63, 3.8) is 0 Å². The van der Waals surface area contributed by atoms with Crippen LogP contribution in [0.3, 0.4) is 0 Å². The van der Waals surface area contributed by atoms with Gasteiger partial charge < -0.3 is 5.32 Å². The van der Waals surface area contributed by atoms with E-state index >= 15 is 0 Å². The number of H-pyrrole nitrogens is 1. The summed E-state index contributed by atoms with van der Waals surface area (Å²) in [6.07, 6.45) is 1.81. The third-order valence-electron chi connectivity index (χ3n) is 2.61. The molecule has 4 nitrogen and oxygen atoms in total. The number of amides is 1. The third-order valence-corrected chi connectivity index (χ3v) is 2.61. The number of nitrogens with zero attached hydrogens (tertiary/aromatic N) is 1. The van der Waals surface area contributed by atoms with Crippen LogP contribution in [0.15, 0.2) is 30.5 Å². The predicted molar refractivity (Wildman–Crippen MR) is 66.3 cm³/mol. The fourth-order valence-corrected chi connectivity index (χ4v) is 1.72. The molecule has 2 aromatic rings. The van der Waals surface area contributed by atoms with E-state index in [0.29, 0.717) is 6.54 Å². The standard InChI is InChI=1S/C13H15N3O/c1-9-13(8-15-16-9)12-5-3-4-11(6-12)7-14-10(2)17/h3-6,8H,7H2,1-2H3,(H,14,17)(H,15,16). The topological polar surface area (TPSA) is 57.8 Å². The molecule has 0 aliphatic carbocycles. The number of hydrogen-bond donors (Lipinski definition) is 2. The first-order valence-electron chi connectivity index (χ1n) is 5.50. The number of benzene rings is 1. The van der Waals surface area contributed by atoms with Crippen molar-refractivity contribution in [2.75, 3.05) is 0 Å². The van der Waals surface area contributed by atoms with Gasteiger partial charge in [-0.1, -0.05) is 18.2 Å². The highest BCUT2D eigenvalue weighted by Crippen LogP contribution is 2.22. The van der Waals surface area contributed by atoms with Crippen molar-refractivity contribution in [3.05, 3.63) is 41.7 Å². The molecular weight excluding hydrogens is 214 g/mol. The van der Waals surface area contributed by atoms with Crippen molar-refractivity contribution >= 4 is 5.91 Å². The first kappa shape index (κ1) is 11.4. The van der Waals surface area contributed by atoms with Crippen molar-refractivity contribution in [1.82, 2.24) is 15.5 Å². The summed E-state index contributed by atoms with van der Waals surface area (Å²) in [5, 5.41) is 9.71. The molecule has 0 atom stereocenters. The summed E-state index contributed by atoms with van der Waals surface area (Å²) in [5.41, 5.74) is 4.33. The second kappa shape index (κ2) is 4.82. The number of carbonyl (C=O) groups excluding carboxylic acids is 1. The first-order valence-corrected chi connectivity index (χ1v) is 5.50. The lowest BCUT2D eigenvalue weighted by atomic mass is 10.0. The molecule has 1 aromatic heterocycles. The number of aryl methyl sites for hydroxylation is 1. The zero-order chi connectivity index (χ0) is 12.3. The van der Waals surface area contributed by atoms with Gasteiger partial charge in [0.15, 0.2) is 0 Å². The Bertz CT molecular complexity index is 531.